The van der Waals surface area contributed by atoms with Gasteiger partial charge < -0.3 is 5.11 Å². The van der Waals surface area contributed by atoms with Gasteiger partial charge in [-0.3, -0.25) is 4.79 Å². The minimum atomic E-state index is -3.61. The first-order valence-corrected chi connectivity index (χ1v) is 7.05. The molecule has 1 fully saturated rings. The second-order valence-electron chi connectivity index (χ2n) is 4.32. The molecule has 0 bridgehead atoms. The lowest BCUT2D eigenvalue weighted by Crippen LogP contribution is -2.42. The van der Waals surface area contributed by atoms with E-state index < -0.39 is 21.2 Å². The van der Waals surface area contributed by atoms with E-state index in [0.717, 1.165) is 0 Å². The summed E-state index contributed by atoms with van der Waals surface area (Å²) in [6.45, 7) is 1.32. The summed E-state index contributed by atoms with van der Waals surface area (Å²) < 4.78 is 25.7. The minimum absolute atomic E-state index is 0.244. The van der Waals surface area contributed by atoms with Gasteiger partial charge in [0.05, 0.1) is 12.0 Å². The number of carboxylic acids is 1. The highest BCUT2D eigenvalue weighted by atomic mass is 32.2. The van der Waals surface area contributed by atoms with Gasteiger partial charge >= 0.3 is 5.97 Å². The first-order valence-electron chi connectivity index (χ1n) is 5.50. The number of carboxylic acid groups (broad SMARTS) is 1. The average molecular weight is 260 g/mol. The smallest absolute Gasteiger partial charge is 0.306 e. The van der Waals surface area contributed by atoms with Gasteiger partial charge in [0.1, 0.15) is 0 Å². The van der Waals surface area contributed by atoms with Gasteiger partial charge in [-0.05, 0) is 32.6 Å². The summed E-state index contributed by atoms with van der Waals surface area (Å²) in [7, 11) is -3.61. The van der Waals surface area contributed by atoms with E-state index in [0.29, 0.717) is 25.7 Å². The second-order valence-corrected chi connectivity index (χ2v) is 6.35. The van der Waals surface area contributed by atoms with Gasteiger partial charge in [0.25, 0.3) is 0 Å². The van der Waals surface area contributed by atoms with Crippen LogP contribution in [0.4, 0.5) is 0 Å². The fraction of sp³-hybridized carbons (Fsp3) is 0.800. The standard InChI is InChI=1S/C10H16N2O4S/c1-7(6-11)17(15,16)12-9-4-2-8(3-5-9)10(13)14/h7-9,12H,2-5H2,1H3,(H,13,14). The van der Waals surface area contributed by atoms with Crippen molar-refractivity contribution < 1.29 is 18.3 Å². The molecular formula is C10H16N2O4S. The summed E-state index contributed by atoms with van der Waals surface area (Å²) in [6.07, 6.45) is 1.97. The molecule has 0 radical (unpaired) electrons. The van der Waals surface area contributed by atoms with Gasteiger partial charge in [-0.25, -0.2) is 13.1 Å². The molecule has 7 heteroatoms. The Bertz CT molecular complexity index is 418. The molecule has 1 rings (SSSR count). The van der Waals surface area contributed by atoms with Gasteiger partial charge in [0, 0.05) is 6.04 Å². The SMILES string of the molecule is CC(C#N)S(=O)(=O)NC1CCC(C(=O)O)CC1. The van der Waals surface area contributed by atoms with Gasteiger partial charge in [-0.1, -0.05) is 0 Å². The summed E-state index contributed by atoms with van der Waals surface area (Å²) in [5, 5.41) is 16.3. The van der Waals surface area contributed by atoms with Crippen molar-refractivity contribution in [1.82, 2.24) is 4.72 Å². The Morgan fingerprint density at radius 1 is 1.41 bits per heavy atom. The minimum Gasteiger partial charge on any atom is -0.481 e. The summed E-state index contributed by atoms with van der Waals surface area (Å²) in [6, 6.07) is 1.43. The fourth-order valence-corrected chi connectivity index (χ4v) is 2.91. The van der Waals surface area contributed by atoms with E-state index in [1.807, 2.05) is 0 Å². The molecule has 0 aromatic rings. The molecule has 0 spiro atoms. The number of aliphatic carboxylic acids is 1. The molecule has 0 saturated heterocycles. The number of hydrogen-bond donors (Lipinski definition) is 2. The van der Waals surface area contributed by atoms with E-state index in [-0.39, 0.29) is 12.0 Å². The van der Waals surface area contributed by atoms with Crippen molar-refractivity contribution in [2.45, 2.75) is 43.9 Å². The Kier molecular flexibility index (Phi) is 4.48. The highest BCUT2D eigenvalue weighted by molar-refractivity contribution is 7.90. The first-order chi connectivity index (χ1) is 7.86. The van der Waals surface area contributed by atoms with Crippen LogP contribution in [0, 0.1) is 17.2 Å². The van der Waals surface area contributed by atoms with Crippen molar-refractivity contribution in [1.29, 1.82) is 5.26 Å². The number of nitrogens with one attached hydrogen (secondary N) is 1. The predicted octanol–water partition coefficient (Wildman–Crippen LogP) is 0.461. The maximum Gasteiger partial charge on any atom is 0.306 e. The van der Waals surface area contributed by atoms with Gasteiger partial charge in [-0.15, -0.1) is 0 Å². The van der Waals surface area contributed by atoms with Crippen molar-refractivity contribution in [2.24, 2.45) is 5.92 Å². The van der Waals surface area contributed by atoms with Crippen molar-refractivity contribution >= 4 is 16.0 Å². The summed E-state index contributed by atoms with van der Waals surface area (Å²) in [4.78, 5) is 10.7. The van der Waals surface area contributed by atoms with Gasteiger partial charge in [-0.2, -0.15) is 5.26 Å². The van der Waals surface area contributed by atoms with Crippen molar-refractivity contribution in [3.05, 3.63) is 0 Å². The Hall–Kier alpha value is -1.13. The first kappa shape index (κ1) is 13.9. The zero-order valence-corrected chi connectivity index (χ0v) is 10.4. The van der Waals surface area contributed by atoms with E-state index in [9.17, 15) is 13.2 Å². The lowest BCUT2D eigenvalue weighted by molar-refractivity contribution is -0.142. The van der Waals surface area contributed by atoms with Crippen LogP contribution < -0.4 is 4.72 Å². The zero-order chi connectivity index (χ0) is 13.1. The molecule has 2 N–H and O–H groups in total. The molecule has 1 atom stereocenters. The number of carbonyl (C=O) groups is 1. The molecule has 1 unspecified atom stereocenters. The molecule has 0 aromatic heterocycles. The average Bonchev–Trinajstić information content (AvgIpc) is 2.28. The molecule has 96 valence electrons. The van der Waals surface area contributed by atoms with E-state index in [1.165, 1.54) is 6.92 Å². The molecule has 17 heavy (non-hydrogen) atoms. The zero-order valence-electron chi connectivity index (χ0n) is 9.59. The molecule has 0 aliphatic heterocycles. The molecule has 0 heterocycles. The predicted molar refractivity (Wildman–Crippen MR) is 60.5 cm³/mol. The summed E-state index contributed by atoms with van der Waals surface area (Å²) in [5.41, 5.74) is 0. The van der Waals surface area contributed by atoms with E-state index in [2.05, 4.69) is 4.72 Å². The van der Waals surface area contributed by atoms with Crippen LogP contribution in [0.1, 0.15) is 32.6 Å². The molecule has 0 aromatic carbocycles. The van der Waals surface area contributed by atoms with Crippen LogP contribution in [0.2, 0.25) is 0 Å². The third-order valence-corrected chi connectivity index (χ3v) is 4.75. The van der Waals surface area contributed by atoms with Crippen LogP contribution in [0.25, 0.3) is 0 Å². The Balaban J connectivity index is 2.52. The molecular weight excluding hydrogens is 244 g/mol. The van der Waals surface area contributed by atoms with Crippen LogP contribution in [0.15, 0.2) is 0 Å². The van der Waals surface area contributed by atoms with Crippen molar-refractivity contribution in [2.75, 3.05) is 0 Å². The maximum absolute atomic E-state index is 11.6. The molecule has 1 aliphatic carbocycles. The maximum atomic E-state index is 11.6. The highest BCUT2D eigenvalue weighted by Gasteiger charge is 2.30. The lowest BCUT2D eigenvalue weighted by Gasteiger charge is -2.26. The van der Waals surface area contributed by atoms with Crippen LogP contribution in [-0.2, 0) is 14.8 Å². The van der Waals surface area contributed by atoms with Crippen molar-refractivity contribution in [3.63, 3.8) is 0 Å². The van der Waals surface area contributed by atoms with Gasteiger partial charge in [0.2, 0.25) is 10.0 Å². The van der Waals surface area contributed by atoms with Crippen molar-refractivity contribution in [3.8, 4) is 6.07 Å². The topological polar surface area (TPSA) is 107 Å². The third-order valence-electron chi connectivity index (χ3n) is 3.05. The lowest BCUT2D eigenvalue weighted by atomic mass is 9.87. The Labute approximate surface area is 101 Å². The number of sulfonamides is 1. The fourth-order valence-electron chi connectivity index (χ4n) is 1.86. The van der Waals surface area contributed by atoms with Gasteiger partial charge in [0.15, 0.2) is 5.25 Å². The van der Waals surface area contributed by atoms with Crippen LogP contribution in [0.3, 0.4) is 0 Å². The quantitative estimate of drug-likeness (QED) is 0.763. The van der Waals surface area contributed by atoms with E-state index >= 15 is 0 Å². The molecule has 1 saturated carbocycles. The van der Waals surface area contributed by atoms with Crippen LogP contribution in [-0.4, -0.2) is 30.8 Å². The number of rotatable bonds is 4. The monoisotopic (exact) mass is 260 g/mol. The molecule has 6 nitrogen and oxygen atoms in total. The molecule has 1 aliphatic rings. The largest absolute Gasteiger partial charge is 0.481 e. The van der Waals surface area contributed by atoms with E-state index in [4.69, 9.17) is 10.4 Å². The third kappa shape index (κ3) is 3.68. The number of nitrogens with zero attached hydrogens (tertiary/aromatic N) is 1. The molecule has 0 amide bonds. The normalized spacial score (nSPS) is 27.1. The van der Waals surface area contributed by atoms with E-state index in [1.54, 1.807) is 6.07 Å². The second kappa shape index (κ2) is 5.47. The summed E-state index contributed by atoms with van der Waals surface area (Å²) >= 11 is 0. The Morgan fingerprint density at radius 3 is 2.35 bits per heavy atom. The van der Waals surface area contributed by atoms with Crippen LogP contribution >= 0.6 is 0 Å². The number of nitriles is 1. The van der Waals surface area contributed by atoms with Crippen LogP contribution in [0.5, 0.6) is 0 Å². The summed E-state index contributed by atoms with van der Waals surface area (Å²) in [5.74, 6) is -1.19. The number of hydrogen-bond acceptors (Lipinski definition) is 4. The highest BCUT2D eigenvalue weighted by Crippen LogP contribution is 2.25. The Morgan fingerprint density at radius 2 is 1.94 bits per heavy atom.